The van der Waals surface area contributed by atoms with Crippen LogP contribution in [0, 0.1) is 0 Å². The van der Waals surface area contributed by atoms with Crippen molar-refractivity contribution < 1.29 is 9.47 Å². The smallest absolute Gasteiger partial charge is 0.118 e. The minimum Gasteiger partial charge on any atom is -0.496 e. The molecule has 0 aliphatic heterocycles. The molecule has 0 saturated heterocycles. The third-order valence-electron chi connectivity index (χ3n) is 2.85. The van der Waals surface area contributed by atoms with Crippen molar-refractivity contribution in [3.05, 3.63) is 23.7 Å². The maximum absolute atomic E-state index is 6.24. The van der Waals surface area contributed by atoms with Gasteiger partial charge in [0.25, 0.3) is 0 Å². The molecule has 1 aliphatic rings. The Kier molecular flexibility index (Phi) is 4.82. The monoisotopic (exact) mass is 254 g/mol. The fourth-order valence-corrected chi connectivity index (χ4v) is 1.82. The summed E-state index contributed by atoms with van der Waals surface area (Å²) in [4.78, 5) is 0. The molecule has 0 aromatic rings. The van der Waals surface area contributed by atoms with E-state index in [4.69, 9.17) is 20.9 Å². The van der Waals surface area contributed by atoms with Gasteiger partial charge in [0, 0.05) is 0 Å². The summed E-state index contributed by atoms with van der Waals surface area (Å²) in [6.45, 7) is 9.22. The number of hydrogen-bond acceptors (Lipinski definition) is 4. The van der Waals surface area contributed by atoms with Crippen molar-refractivity contribution in [2.24, 2.45) is 11.5 Å². The Labute approximate surface area is 110 Å². The van der Waals surface area contributed by atoms with Crippen molar-refractivity contribution in [2.75, 3.05) is 13.2 Å². The highest BCUT2D eigenvalue weighted by molar-refractivity contribution is 5.38. The first-order valence-corrected chi connectivity index (χ1v) is 6.63. The average molecular weight is 254 g/mol. The van der Waals surface area contributed by atoms with E-state index in [2.05, 4.69) is 13.8 Å². The van der Waals surface area contributed by atoms with Crippen LogP contribution in [0.25, 0.3) is 0 Å². The SMILES string of the molecule is CCCOC1=CC(C)(N)C(OCCC)=CC1(C)N. The van der Waals surface area contributed by atoms with Gasteiger partial charge in [0.2, 0.25) is 0 Å². The molecule has 0 aromatic heterocycles. The second-order valence-electron chi connectivity index (χ2n) is 5.28. The van der Waals surface area contributed by atoms with Crippen molar-refractivity contribution >= 4 is 0 Å². The lowest BCUT2D eigenvalue weighted by Gasteiger charge is -2.36. The van der Waals surface area contributed by atoms with Crippen LogP contribution in [-0.4, -0.2) is 24.3 Å². The molecule has 4 N–H and O–H groups in total. The second-order valence-corrected chi connectivity index (χ2v) is 5.28. The van der Waals surface area contributed by atoms with E-state index in [-0.39, 0.29) is 0 Å². The van der Waals surface area contributed by atoms with Crippen LogP contribution >= 0.6 is 0 Å². The van der Waals surface area contributed by atoms with Crippen LogP contribution in [0.4, 0.5) is 0 Å². The lowest BCUT2D eigenvalue weighted by molar-refractivity contribution is 0.146. The Balaban J connectivity index is 2.91. The number of hydrogen-bond donors (Lipinski definition) is 2. The van der Waals surface area contributed by atoms with Gasteiger partial charge < -0.3 is 20.9 Å². The molecule has 18 heavy (non-hydrogen) atoms. The summed E-state index contributed by atoms with van der Waals surface area (Å²) in [7, 11) is 0. The van der Waals surface area contributed by atoms with Gasteiger partial charge >= 0.3 is 0 Å². The second kappa shape index (κ2) is 5.76. The summed E-state index contributed by atoms with van der Waals surface area (Å²) in [6, 6.07) is 0. The van der Waals surface area contributed by atoms with Gasteiger partial charge in [-0.1, -0.05) is 13.8 Å². The lowest BCUT2D eigenvalue weighted by Crippen LogP contribution is -2.48. The molecular weight excluding hydrogens is 228 g/mol. The number of ether oxygens (including phenoxy) is 2. The molecule has 0 fully saturated rings. The largest absolute Gasteiger partial charge is 0.496 e. The predicted molar refractivity (Wildman–Crippen MR) is 73.8 cm³/mol. The van der Waals surface area contributed by atoms with E-state index in [1.807, 2.05) is 26.0 Å². The predicted octanol–water partition coefficient (Wildman–Crippen LogP) is 2.06. The van der Waals surface area contributed by atoms with Crippen molar-refractivity contribution in [1.82, 2.24) is 0 Å². The van der Waals surface area contributed by atoms with Crippen LogP contribution in [0.5, 0.6) is 0 Å². The first kappa shape index (κ1) is 15.1. The first-order valence-electron chi connectivity index (χ1n) is 6.63. The van der Waals surface area contributed by atoms with Gasteiger partial charge in [-0.3, -0.25) is 0 Å². The summed E-state index contributed by atoms with van der Waals surface area (Å²) in [5.74, 6) is 1.44. The van der Waals surface area contributed by atoms with Gasteiger partial charge in [0.1, 0.15) is 11.5 Å². The molecule has 0 spiro atoms. The summed E-state index contributed by atoms with van der Waals surface area (Å²) in [5, 5.41) is 0. The number of nitrogens with two attached hydrogens (primary N) is 2. The highest BCUT2D eigenvalue weighted by atomic mass is 16.5. The average Bonchev–Trinajstić information content (AvgIpc) is 2.28. The van der Waals surface area contributed by atoms with Crippen molar-refractivity contribution in [2.45, 2.75) is 51.6 Å². The van der Waals surface area contributed by atoms with E-state index in [0.29, 0.717) is 13.2 Å². The Hall–Kier alpha value is -1.00. The fourth-order valence-electron chi connectivity index (χ4n) is 1.82. The molecule has 2 unspecified atom stereocenters. The summed E-state index contributed by atoms with van der Waals surface area (Å²) >= 11 is 0. The van der Waals surface area contributed by atoms with Gasteiger partial charge in [-0.2, -0.15) is 0 Å². The lowest BCUT2D eigenvalue weighted by atomic mass is 9.85. The standard InChI is InChI=1S/C14H26N2O2/c1-5-7-17-11-9-14(4,16)12(18-8-6-2)10-13(11,3)15/h9-10H,5-8,15-16H2,1-4H3. The van der Waals surface area contributed by atoms with E-state index in [1.54, 1.807) is 0 Å². The normalized spacial score (nSPS) is 31.7. The molecule has 0 radical (unpaired) electrons. The molecule has 0 amide bonds. The van der Waals surface area contributed by atoms with Gasteiger partial charge in [-0.15, -0.1) is 0 Å². The van der Waals surface area contributed by atoms with E-state index >= 15 is 0 Å². The van der Waals surface area contributed by atoms with E-state index in [1.165, 1.54) is 0 Å². The van der Waals surface area contributed by atoms with Gasteiger partial charge in [-0.05, 0) is 38.8 Å². The van der Waals surface area contributed by atoms with Crippen molar-refractivity contribution in [3.63, 3.8) is 0 Å². The topological polar surface area (TPSA) is 70.5 Å². The Morgan fingerprint density at radius 3 is 1.50 bits per heavy atom. The third-order valence-corrected chi connectivity index (χ3v) is 2.85. The zero-order valence-electron chi connectivity index (χ0n) is 12.0. The van der Waals surface area contributed by atoms with Crippen LogP contribution in [0.2, 0.25) is 0 Å². The van der Waals surface area contributed by atoms with Gasteiger partial charge in [-0.25, -0.2) is 0 Å². The summed E-state index contributed by atoms with van der Waals surface area (Å²) < 4.78 is 11.4. The molecule has 1 rings (SSSR count). The van der Waals surface area contributed by atoms with Crippen LogP contribution in [0.15, 0.2) is 23.7 Å². The molecule has 0 bridgehead atoms. The van der Waals surface area contributed by atoms with Crippen LogP contribution < -0.4 is 11.5 Å². The molecule has 2 atom stereocenters. The summed E-state index contributed by atoms with van der Waals surface area (Å²) in [6.07, 6.45) is 5.62. The van der Waals surface area contributed by atoms with Gasteiger partial charge in [0.05, 0.1) is 24.3 Å². The fraction of sp³-hybridized carbons (Fsp3) is 0.714. The molecule has 1 aliphatic carbocycles. The van der Waals surface area contributed by atoms with E-state index in [0.717, 1.165) is 24.4 Å². The molecule has 4 heteroatoms. The molecule has 104 valence electrons. The van der Waals surface area contributed by atoms with E-state index < -0.39 is 11.1 Å². The highest BCUT2D eigenvalue weighted by Gasteiger charge is 2.37. The zero-order valence-corrected chi connectivity index (χ0v) is 12.0. The quantitative estimate of drug-likeness (QED) is 0.761. The Morgan fingerprint density at radius 2 is 1.22 bits per heavy atom. The highest BCUT2D eigenvalue weighted by Crippen LogP contribution is 2.31. The first-order chi connectivity index (χ1) is 8.33. The van der Waals surface area contributed by atoms with Crippen LogP contribution in [0.3, 0.4) is 0 Å². The molecular formula is C14H26N2O2. The van der Waals surface area contributed by atoms with Gasteiger partial charge in [0.15, 0.2) is 0 Å². The zero-order chi connectivity index (χ0) is 13.8. The minimum atomic E-state index is -0.656. The number of rotatable bonds is 6. The molecule has 0 aromatic carbocycles. The molecule has 4 nitrogen and oxygen atoms in total. The van der Waals surface area contributed by atoms with Crippen molar-refractivity contribution in [1.29, 1.82) is 0 Å². The minimum absolute atomic E-state index is 0.647. The maximum atomic E-state index is 6.24. The van der Waals surface area contributed by atoms with Crippen LogP contribution in [-0.2, 0) is 9.47 Å². The Morgan fingerprint density at radius 1 is 0.889 bits per heavy atom. The third kappa shape index (κ3) is 3.50. The molecule has 0 saturated carbocycles. The van der Waals surface area contributed by atoms with Crippen LogP contribution in [0.1, 0.15) is 40.5 Å². The maximum Gasteiger partial charge on any atom is 0.118 e. The van der Waals surface area contributed by atoms with Crippen molar-refractivity contribution in [3.8, 4) is 0 Å². The molecule has 0 heterocycles. The van der Waals surface area contributed by atoms with E-state index in [9.17, 15) is 0 Å². The summed E-state index contributed by atoms with van der Waals surface area (Å²) in [5.41, 5.74) is 11.2. The Bertz CT molecular complexity index is 310.